The number of ether oxygens (including phenoxy) is 2. The summed E-state index contributed by atoms with van der Waals surface area (Å²) >= 11 is 0. The summed E-state index contributed by atoms with van der Waals surface area (Å²) in [5.41, 5.74) is 0.861. The van der Waals surface area contributed by atoms with Crippen molar-refractivity contribution >= 4 is 29.9 Å². The SMILES string of the molecule is CN=C(NCc1ccon1)N1CCOC(C2CCCO2)C1.I. The number of halogens is 1. The van der Waals surface area contributed by atoms with Gasteiger partial charge in [0, 0.05) is 32.8 Å². The van der Waals surface area contributed by atoms with Crippen molar-refractivity contribution in [3.05, 3.63) is 18.0 Å². The average Bonchev–Trinajstić information content (AvgIpc) is 3.22. The summed E-state index contributed by atoms with van der Waals surface area (Å²) < 4.78 is 16.4. The van der Waals surface area contributed by atoms with Crippen molar-refractivity contribution in [2.45, 2.75) is 31.6 Å². The Morgan fingerprint density at radius 2 is 2.27 bits per heavy atom. The fraction of sp³-hybridized carbons (Fsp3) is 0.714. The molecule has 3 rings (SSSR count). The number of aliphatic imine (C=N–C) groups is 1. The smallest absolute Gasteiger partial charge is 0.194 e. The molecule has 3 heterocycles. The lowest BCUT2D eigenvalue weighted by Crippen LogP contribution is -2.53. The highest BCUT2D eigenvalue weighted by Gasteiger charge is 2.32. The molecule has 0 aromatic carbocycles. The third kappa shape index (κ3) is 4.32. The summed E-state index contributed by atoms with van der Waals surface area (Å²) in [6.07, 6.45) is 4.14. The van der Waals surface area contributed by atoms with E-state index in [1.54, 1.807) is 13.3 Å². The Bertz CT molecular complexity index is 463. The standard InChI is InChI=1S/C14H22N4O3.HI/c1-15-14(16-9-11-4-7-21-17-11)18-5-8-20-13(10-18)12-3-2-6-19-12;/h4,7,12-13H,2-3,5-6,8-10H2,1H3,(H,15,16);1H. The first kappa shape index (κ1) is 17.5. The molecule has 2 aliphatic rings. The van der Waals surface area contributed by atoms with Gasteiger partial charge in [0.15, 0.2) is 5.96 Å². The number of nitrogens with one attached hydrogen (secondary N) is 1. The van der Waals surface area contributed by atoms with Crippen LogP contribution in [0.2, 0.25) is 0 Å². The van der Waals surface area contributed by atoms with E-state index < -0.39 is 0 Å². The lowest BCUT2D eigenvalue weighted by atomic mass is 10.1. The number of rotatable bonds is 3. The van der Waals surface area contributed by atoms with E-state index in [1.807, 2.05) is 6.07 Å². The summed E-state index contributed by atoms with van der Waals surface area (Å²) in [5, 5.41) is 7.20. The largest absolute Gasteiger partial charge is 0.375 e. The average molecular weight is 422 g/mol. The van der Waals surface area contributed by atoms with Gasteiger partial charge in [0.1, 0.15) is 18.1 Å². The van der Waals surface area contributed by atoms with Crippen molar-refractivity contribution in [3.63, 3.8) is 0 Å². The van der Waals surface area contributed by atoms with Crippen molar-refractivity contribution in [1.29, 1.82) is 0 Å². The third-order valence-corrected chi connectivity index (χ3v) is 3.90. The van der Waals surface area contributed by atoms with Crippen LogP contribution in [0.3, 0.4) is 0 Å². The van der Waals surface area contributed by atoms with Crippen LogP contribution in [0, 0.1) is 0 Å². The van der Waals surface area contributed by atoms with Gasteiger partial charge in [-0.05, 0) is 12.8 Å². The molecule has 7 nitrogen and oxygen atoms in total. The van der Waals surface area contributed by atoms with E-state index in [0.717, 1.165) is 44.2 Å². The van der Waals surface area contributed by atoms with E-state index >= 15 is 0 Å². The molecule has 22 heavy (non-hydrogen) atoms. The van der Waals surface area contributed by atoms with Crippen molar-refractivity contribution < 1.29 is 14.0 Å². The van der Waals surface area contributed by atoms with Crippen LogP contribution < -0.4 is 5.32 Å². The molecule has 8 heteroatoms. The highest BCUT2D eigenvalue weighted by molar-refractivity contribution is 14.0. The van der Waals surface area contributed by atoms with E-state index in [4.69, 9.17) is 14.0 Å². The summed E-state index contributed by atoms with van der Waals surface area (Å²) in [4.78, 5) is 6.57. The normalized spacial score (nSPS) is 25.9. The number of guanidine groups is 1. The van der Waals surface area contributed by atoms with Gasteiger partial charge < -0.3 is 24.2 Å². The lowest BCUT2D eigenvalue weighted by Gasteiger charge is -2.37. The van der Waals surface area contributed by atoms with Crippen LogP contribution >= 0.6 is 24.0 Å². The Morgan fingerprint density at radius 3 is 2.95 bits per heavy atom. The van der Waals surface area contributed by atoms with E-state index in [1.165, 1.54) is 0 Å². The fourth-order valence-corrected chi connectivity index (χ4v) is 2.82. The van der Waals surface area contributed by atoms with Crippen LogP contribution in [0.1, 0.15) is 18.5 Å². The Hall–Kier alpha value is -0.870. The molecule has 0 saturated carbocycles. The highest BCUT2D eigenvalue weighted by atomic mass is 127. The Morgan fingerprint density at radius 1 is 1.41 bits per heavy atom. The zero-order chi connectivity index (χ0) is 14.5. The van der Waals surface area contributed by atoms with Crippen LogP contribution in [-0.4, -0.2) is 61.6 Å². The van der Waals surface area contributed by atoms with E-state index in [-0.39, 0.29) is 36.2 Å². The highest BCUT2D eigenvalue weighted by Crippen LogP contribution is 2.21. The molecule has 2 unspecified atom stereocenters. The molecule has 1 N–H and O–H groups in total. The molecule has 0 aliphatic carbocycles. The molecular weight excluding hydrogens is 399 g/mol. The Kier molecular flexibility index (Phi) is 6.90. The van der Waals surface area contributed by atoms with Gasteiger partial charge in [0.25, 0.3) is 0 Å². The van der Waals surface area contributed by atoms with Crippen molar-refractivity contribution in [3.8, 4) is 0 Å². The molecule has 124 valence electrons. The quantitative estimate of drug-likeness (QED) is 0.449. The molecule has 0 amide bonds. The Balaban J connectivity index is 0.00000176. The third-order valence-electron chi connectivity index (χ3n) is 3.90. The zero-order valence-electron chi connectivity index (χ0n) is 12.7. The molecular formula is C14H23IN4O3. The first-order valence-corrected chi connectivity index (χ1v) is 7.45. The van der Waals surface area contributed by atoms with Gasteiger partial charge in [-0.3, -0.25) is 4.99 Å². The van der Waals surface area contributed by atoms with Gasteiger partial charge in [-0.15, -0.1) is 24.0 Å². The predicted molar refractivity (Wildman–Crippen MR) is 92.4 cm³/mol. The van der Waals surface area contributed by atoms with Gasteiger partial charge >= 0.3 is 0 Å². The maximum absolute atomic E-state index is 5.86. The molecule has 1 aromatic rings. The van der Waals surface area contributed by atoms with Gasteiger partial charge in [0.05, 0.1) is 19.3 Å². The molecule has 1 aromatic heterocycles. The van der Waals surface area contributed by atoms with Gasteiger partial charge in [0.2, 0.25) is 0 Å². The lowest BCUT2D eigenvalue weighted by molar-refractivity contribution is -0.0817. The summed E-state index contributed by atoms with van der Waals surface area (Å²) in [6, 6.07) is 1.84. The van der Waals surface area contributed by atoms with E-state index in [9.17, 15) is 0 Å². The number of hydrogen-bond acceptors (Lipinski definition) is 5. The van der Waals surface area contributed by atoms with Gasteiger partial charge in [-0.1, -0.05) is 5.16 Å². The second-order valence-corrected chi connectivity index (χ2v) is 5.30. The summed E-state index contributed by atoms with van der Waals surface area (Å²) in [6.45, 7) is 3.80. The predicted octanol–water partition coefficient (Wildman–Crippen LogP) is 1.25. The second kappa shape index (κ2) is 8.68. The molecule has 0 radical (unpaired) electrons. The van der Waals surface area contributed by atoms with E-state index in [0.29, 0.717) is 13.2 Å². The van der Waals surface area contributed by atoms with Crippen LogP contribution in [0.25, 0.3) is 0 Å². The van der Waals surface area contributed by atoms with Crippen molar-refractivity contribution in [1.82, 2.24) is 15.4 Å². The second-order valence-electron chi connectivity index (χ2n) is 5.30. The topological polar surface area (TPSA) is 72.1 Å². The van der Waals surface area contributed by atoms with Crippen LogP contribution in [0.4, 0.5) is 0 Å². The molecule has 2 fully saturated rings. The van der Waals surface area contributed by atoms with Crippen LogP contribution in [-0.2, 0) is 16.0 Å². The molecule has 0 spiro atoms. The number of hydrogen-bond donors (Lipinski definition) is 1. The fourth-order valence-electron chi connectivity index (χ4n) is 2.82. The number of morpholine rings is 1. The molecule has 2 aliphatic heterocycles. The van der Waals surface area contributed by atoms with Crippen molar-refractivity contribution in [2.75, 3.05) is 33.4 Å². The van der Waals surface area contributed by atoms with Crippen LogP contribution in [0.5, 0.6) is 0 Å². The maximum Gasteiger partial charge on any atom is 0.194 e. The summed E-state index contributed by atoms with van der Waals surface area (Å²) in [5.74, 6) is 0.865. The first-order chi connectivity index (χ1) is 10.4. The zero-order valence-corrected chi connectivity index (χ0v) is 15.1. The molecule has 2 atom stereocenters. The number of nitrogens with zero attached hydrogens (tertiary/aromatic N) is 3. The van der Waals surface area contributed by atoms with Crippen molar-refractivity contribution in [2.24, 2.45) is 4.99 Å². The van der Waals surface area contributed by atoms with Gasteiger partial charge in [-0.25, -0.2) is 0 Å². The molecule has 2 saturated heterocycles. The monoisotopic (exact) mass is 422 g/mol. The molecule has 0 bridgehead atoms. The van der Waals surface area contributed by atoms with Crippen LogP contribution in [0.15, 0.2) is 21.8 Å². The minimum atomic E-state index is 0. The summed E-state index contributed by atoms with van der Waals surface area (Å²) in [7, 11) is 1.79. The minimum Gasteiger partial charge on any atom is -0.375 e. The number of aromatic nitrogens is 1. The van der Waals surface area contributed by atoms with Gasteiger partial charge in [-0.2, -0.15) is 0 Å². The van der Waals surface area contributed by atoms with E-state index in [2.05, 4.69) is 20.4 Å². The maximum atomic E-state index is 5.86. The Labute approximate surface area is 147 Å². The first-order valence-electron chi connectivity index (χ1n) is 7.45. The minimum absolute atomic E-state index is 0.